The first-order chi connectivity index (χ1) is 14.8. The number of hydrogen-bond acceptors (Lipinski definition) is 3. The maximum Gasteiger partial charge on any atom is 0.244 e. The zero-order chi connectivity index (χ0) is 22.4. The Bertz CT molecular complexity index is 1050. The first-order valence-corrected chi connectivity index (χ1v) is 10.3. The predicted molar refractivity (Wildman–Crippen MR) is 120 cm³/mol. The molecule has 0 unspecified atom stereocenters. The predicted octanol–water partition coefficient (Wildman–Crippen LogP) is 4.88. The number of benzene rings is 2. The fourth-order valence-corrected chi connectivity index (χ4v) is 3.15. The Morgan fingerprint density at radius 2 is 1.74 bits per heavy atom. The van der Waals surface area contributed by atoms with Gasteiger partial charge < -0.3 is 10.1 Å². The minimum Gasteiger partial charge on any atom is -0.374 e. The molecule has 0 radical (unpaired) electrons. The summed E-state index contributed by atoms with van der Waals surface area (Å²) >= 11 is 0. The number of aryl methyl sites for hydroxylation is 1. The van der Waals surface area contributed by atoms with Crippen molar-refractivity contribution in [1.82, 2.24) is 15.1 Å². The minimum absolute atomic E-state index is 0.180. The third-order valence-corrected chi connectivity index (χ3v) is 4.89. The summed E-state index contributed by atoms with van der Waals surface area (Å²) in [4.78, 5) is 12.3. The van der Waals surface area contributed by atoms with Crippen LogP contribution < -0.4 is 5.32 Å². The molecule has 5 nitrogen and oxygen atoms in total. The topological polar surface area (TPSA) is 56.2 Å². The molecule has 3 rings (SSSR count). The van der Waals surface area contributed by atoms with Gasteiger partial charge in [-0.2, -0.15) is 5.10 Å². The first kappa shape index (κ1) is 22.4. The molecular formula is C25H28FN3O2. The van der Waals surface area contributed by atoms with Gasteiger partial charge in [-0.3, -0.25) is 4.79 Å². The highest BCUT2D eigenvalue weighted by Crippen LogP contribution is 2.19. The van der Waals surface area contributed by atoms with Gasteiger partial charge in [0.05, 0.1) is 24.1 Å². The molecule has 0 aliphatic heterocycles. The van der Waals surface area contributed by atoms with E-state index in [1.54, 1.807) is 22.9 Å². The van der Waals surface area contributed by atoms with Crippen molar-refractivity contribution in [3.8, 4) is 5.69 Å². The number of nitrogens with zero attached hydrogens (tertiary/aromatic N) is 2. The number of aromatic nitrogens is 2. The van der Waals surface area contributed by atoms with Crippen molar-refractivity contribution >= 4 is 12.0 Å². The number of carbonyl (C=O) groups is 1. The molecule has 6 heteroatoms. The summed E-state index contributed by atoms with van der Waals surface area (Å²) < 4.78 is 20.5. The molecule has 2 aromatic carbocycles. The summed E-state index contributed by atoms with van der Waals surface area (Å²) in [6.45, 7) is 8.85. The van der Waals surface area contributed by atoms with Crippen LogP contribution in [0.3, 0.4) is 0 Å². The smallest absolute Gasteiger partial charge is 0.244 e. The van der Waals surface area contributed by atoms with Crippen LogP contribution in [0, 0.1) is 19.7 Å². The summed E-state index contributed by atoms with van der Waals surface area (Å²) in [5.41, 5.74) is 5.44. The van der Waals surface area contributed by atoms with Gasteiger partial charge in [-0.1, -0.05) is 24.3 Å². The maximum absolute atomic E-state index is 13.2. The number of carbonyl (C=O) groups excluding carboxylic acids is 1. The average Bonchev–Trinajstić information content (AvgIpc) is 3.04. The largest absolute Gasteiger partial charge is 0.374 e. The van der Waals surface area contributed by atoms with E-state index in [2.05, 4.69) is 10.4 Å². The second kappa shape index (κ2) is 10.2. The zero-order valence-corrected chi connectivity index (χ0v) is 18.4. The molecule has 0 saturated heterocycles. The molecule has 0 bridgehead atoms. The number of halogens is 1. The number of nitrogens with one attached hydrogen (secondary N) is 1. The van der Waals surface area contributed by atoms with E-state index >= 15 is 0 Å². The molecule has 0 aliphatic rings. The Morgan fingerprint density at radius 1 is 1.10 bits per heavy atom. The molecule has 1 amide bonds. The van der Waals surface area contributed by atoms with E-state index in [1.807, 2.05) is 52.0 Å². The molecule has 3 aromatic rings. The Hall–Kier alpha value is -3.25. The summed E-state index contributed by atoms with van der Waals surface area (Å²) in [6, 6.07) is 14.2. The summed E-state index contributed by atoms with van der Waals surface area (Å²) in [7, 11) is 0. The number of rotatable bonds is 8. The lowest BCUT2D eigenvalue weighted by molar-refractivity contribution is -0.116. The van der Waals surface area contributed by atoms with E-state index in [-0.39, 0.29) is 17.8 Å². The molecule has 1 heterocycles. The van der Waals surface area contributed by atoms with Crippen molar-refractivity contribution in [2.24, 2.45) is 0 Å². The molecule has 1 aromatic heterocycles. The van der Waals surface area contributed by atoms with Crippen LogP contribution in [0.1, 0.15) is 41.9 Å². The highest BCUT2D eigenvalue weighted by molar-refractivity contribution is 5.92. The number of ether oxygens (including phenoxy) is 1. The Morgan fingerprint density at radius 3 is 2.39 bits per heavy atom. The number of hydrogen-bond donors (Lipinski definition) is 1. The van der Waals surface area contributed by atoms with Gasteiger partial charge in [-0.25, -0.2) is 9.07 Å². The lowest BCUT2D eigenvalue weighted by atomic mass is 10.1. The third kappa shape index (κ3) is 6.12. The average molecular weight is 422 g/mol. The van der Waals surface area contributed by atoms with Crippen molar-refractivity contribution in [2.75, 3.05) is 0 Å². The number of amides is 1. The van der Waals surface area contributed by atoms with Crippen LogP contribution in [-0.4, -0.2) is 21.8 Å². The van der Waals surface area contributed by atoms with Crippen molar-refractivity contribution < 1.29 is 13.9 Å². The van der Waals surface area contributed by atoms with Gasteiger partial charge in [0.1, 0.15) is 5.82 Å². The standard InChI is InChI=1S/C25H28FN3O2/c1-17(2)31-16-21-7-5-20(6-8-21)15-27-25(30)14-13-24-18(3)28-29(19(24)4)23-11-9-22(26)10-12-23/h5-14,17H,15-16H2,1-4H3,(H,27,30)/b14-13+. The van der Waals surface area contributed by atoms with Gasteiger partial charge >= 0.3 is 0 Å². The van der Waals surface area contributed by atoms with Gasteiger partial charge in [0.2, 0.25) is 5.91 Å². The first-order valence-electron chi connectivity index (χ1n) is 10.3. The molecule has 31 heavy (non-hydrogen) atoms. The van der Waals surface area contributed by atoms with Gasteiger partial charge in [-0.15, -0.1) is 0 Å². The minimum atomic E-state index is -0.291. The second-order valence-corrected chi connectivity index (χ2v) is 7.70. The fourth-order valence-electron chi connectivity index (χ4n) is 3.15. The van der Waals surface area contributed by atoms with E-state index in [9.17, 15) is 9.18 Å². The molecule has 1 N–H and O–H groups in total. The van der Waals surface area contributed by atoms with Crippen LogP contribution in [0.5, 0.6) is 0 Å². The monoisotopic (exact) mass is 421 g/mol. The SMILES string of the molecule is Cc1nn(-c2ccc(F)cc2)c(C)c1/C=C/C(=O)NCc1ccc(COC(C)C)cc1. The lowest BCUT2D eigenvalue weighted by Crippen LogP contribution is -2.20. The Kier molecular flexibility index (Phi) is 7.36. The van der Waals surface area contributed by atoms with Crippen LogP contribution in [0.25, 0.3) is 11.8 Å². The van der Waals surface area contributed by atoms with Crippen LogP contribution >= 0.6 is 0 Å². The lowest BCUT2D eigenvalue weighted by Gasteiger charge is -2.08. The molecule has 0 atom stereocenters. The third-order valence-electron chi connectivity index (χ3n) is 4.89. The van der Waals surface area contributed by atoms with Gasteiger partial charge in [-0.05, 0) is 69.2 Å². The van der Waals surface area contributed by atoms with E-state index in [1.165, 1.54) is 18.2 Å². The summed E-state index contributed by atoms with van der Waals surface area (Å²) in [5, 5.41) is 7.41. The summed E-state index contributed by atoms with van der Waals surface area (Å²) in [6.07, 6.45) is 3.47. The van der Waals surface area contributed by atoms with E-state index in [4.69, 9.17) is 4.74 Å². The van der Waals surface area contributed by atoms with Crippen LogP contribution in [0.4, 0.5) is 4.39 Å². The van der Waals surface area contributed by atoms with Gasteiger partial charge in [0.25, 0.3) is 0 Å². The van der Waals surface area contributed by atoms with Gasteiger partial charge in [0, 0.05) is 23.9 Å². The highest BCUT2D eigenvalue weighted by Gasteiger charge is 2.11. The highest BCUT2D eigenvalue weighted by atomic mass is 19.1. The molecule has 0 spiro atoms. The van der Waals surface area contributed by atoms with Crippen molar-refractivity contribution in [3.63, 3.8) is 0 Å². The van der Waals surface area contributed by atoms with Crippen LogP contribution in [-0.2, 0) is 22.7 Å². The fraction of sp³-hybridized carbons (Fsp3) is 0.280. The molecule has 0 aliphatic carbocycles. The van der Waals surface area contributed by atoms with E-state index < -0.39 is 0 Å². The van der Waals surface area contributed by atoms with E-state index in [0.29, 0.717) is 13.2 Å². The van der Waals surface area contributed by atoms with Crippen LogP contribution in [0.15, 0.2) is 54.6 Å². The second-order valence-electron chi connectivity index (χ2n) is 7.70. The van der Waals surface area contributed by atoms with Gasteiger partial charge in [0.15, 0.2) is 0 Å². The van der Waals surface area contributed by atoms with E-state index in [0.717, 1.165) is 33.8 Å². The van der Waals surface area contributed by atoms with Crippen molar-refractivity contribution in [2.45, 2.75) is 47.0 Å². The Balaban J connectivity index is 1.59. The molecular weight excluding hydrogens is 393 g/mol. The maximum atomic E-state index is 13.2. The Labute approximate surface area is 182 Å². The van der Waals surface area contributed by atoms with Crippen LogP contribution in [0.2, 0.25) is 0 Å². The summed E-state index contributed by atoms with van der Waals surface area (Å²) in [5.74, 6) is -0.471. The van der Waals surface area contributed by atoms with Crippen molar-refractivity contribution in [3.05, 3.63) is 88.5 Å². The quantitative estimate of drug-likeness (QED) is 0.527. The van der Waals surface area contributed by atoms with Crippen molar-refractivity contribution in [1.29, 1.82) is 0 Å². The molecule has 0 fully saturated rings. The molecule has 162 valence electrons. The molecule has 0 saturated carbocycles. The normalized spacial score (nSPS) is 11.4. The zero-order valence-electron chi connectivity index (χ0n) is 18.4.